The minimum absolute atomic E-state index is 0.0292. The Kier molecular flexibility index (Phi) is 9.43. The Balaban J connectivity index is 1.17. The first-order valence-corrected chi connectivity index (χ1v) is 19.5. The van der Waals surface area contributed by atoms with Crippen molar-refractivity contribution in [1.29, 1.82) is 5.26 Å². The van der Waals surface area contributed by atoms with Gasteiger partial charge in [0.1, 0.15) is 17.0 Å². The van der Waals surface area contributed by atoms with E-state index in [0.717, 1.165) is 60.6 Å². The molecule has 1 aromatic heterocycles. The van der Waals surface area contributed by atoms with Crippen LogP contribution >= 0.6 is 0 Å². The average Bonchev–Trinajstić information content (AvgIpc) is 3.75. The molecule has 1 saturated carbocycles. The van der Waals surface area contributed by atoms with Gasteiger partial charge in [-0.3, -0.25) is 4.90 Å². The number of ether oxygens (including phenoxy) is 2. The summed E-state index contributed by atoms with van der Waals surface area (Å²) in [5.41, 5.74) is 1.74. The molecule has 1 aliphatic carbocycles. The van der Waals surface area contributed by atoms with Crippen molar-refractivity contribution >= 4 is 34.5 Å². The Morgan fingerprint density at radius 1 is 0.945 bits per heavy atom. The van der Waals surface area contributed by atoms with E-state index in [0.29, 0.717) is 32.5 Å². The number of likely N-dealkylation sites (tertiary alicyclic amines) is 1. The van der Waals surface area contributed by atoms with Gasteiger partial charge in [-0.15, -0.1) is 0 Å². The van der Waals surface area contributed by atoms with E-state index in [9.17, 15) is 20.0 Å². The number of anilines is 2. The van der Waals surface area contributed by atoms with Gasteiger partial charge in [0.2, 0.25) is 0 Å². The fourth-order valence-electron chi connectivity index (χ4n) is 8.99. The van der Waals surface area contributed by atoms with E-state index >= 15 is 0 Å². The fraction of sp³-hybridized carbons (Fsp3) is 0.465. The number of carbonyl (C=O) groups is 2. The van der Waals surface area contributed by atoms with Gasteiger partial charge in [0.25, 0.3) is 0 Å². The Morgan fingerprint density at radius 2 is 1.71 bits per heavy atom. The van der Waals surface area contributed by atoms with Crippen LogP contribution in [0.4, 0.5) is 21.1 Å². The summed E-state index contributed by atoms with van der Waals surface area (Å²) >= 11 is 0. The van der Waals surface area contributed by atoms with E-state index in [1.54, 1.807) is 0 Å². The van der Waals surface area contributed by atoms with Crippen molar-refractivity contribution in [2.45, 2.75) is 95.0 Å². The first kappa shape index (κ1) is 36.4. The van der Waals surface area contributed by atoms with Crippen LogP contribution in [0.15, 0.2) is 72.8 Å². The van der Waals surface area contributed by atoms with Gasteiger partial charge in [0.05, 0.1) is 36.3 Å². The zero-order valence-corrected chi connectivity index (χ0v) is 31.9. The molecule has 2 amide bonds. The van der Waals surface area contributed by atoms with Crippen molar-refractivity contribution in [3.63, 3.8) is 0 Å². The quantitative estimate of drug-likeness (QED) is 0.197. The number of carbonyl (C=O) groups excluding carboxylic acids is 1. The fourth-order valence-corrected chi connectivity index (χ4v) is 8.99. The number of benzene rings is 3. The highest BCUT2D eigenvalue weighted by atomic mass is 16.6. The SMILES string of the molecule is CC(C)(C)OC(=O)N1CCC[C@H]1C1(Oc2nc3c(c(N4CCN(C(=O)O)[C@](CC#N)(Cc5ccccc5)C4)n2)CCN(c2cccc4ccccc24)C3)CC1. The van der Waals surface area contributed by atoms with Crippen LogP contribution in [0.3, 0.4) is 0 Å². The number of hydrogen-bond donors (Lipinski definition) is 1. The second-order valence-corrected chi connectivity index (χ2v) is 16.5. The topological polar surface area (TPSA) is 135 Å². The van der Waals surface area contributed by atoms with E-state index in [1.807, 2.05) is 56.0 Å². The van der Waals surface area contributed by atoms with Gasteiger partial charge >= 0.3 is 18.2 Å². The highest BCUT2D eigenvalue weighted by Gasteiger charge is 2.58. The number of nitrogens with zero attached hydrogens (tertiary/aromatic N) is 7. The molecule has 55 heavy (non-hydrogen) atoms. The van der Waals surface area contributed by atoms with Crippen LogP contribution in [0.25, 0.3) is 10.8 Å². The van der Waals surface area contributed by atoms with E-state index in [2.05, 4.69) is 58.3 Å². The van der Waals surface area contributed by atoms with Crippen molar-refractivity contribution < 1.29 is 24.2 Å². The molecule has 3 aliphatic heterocycles. The molecule has 2 saturated heterocycles. The zero-order chi connectivity index (χ0) is 38.4. The molecule has 3 fully saturated rings. The van der Waals surface area contributed by atoms with Crippen LogP contribution in [0.2, 0.25) is 0 Å². The lowest BCUT2D eigenvalue weighted by molar-refractivity contribution is 0.00295. The molecule has 1 N–H and O–H groups in total. The molecule has 2 atom stereocenters. The lowest BCUT2D eigenvalue weighted by Gasteiger charge is -2.49. The standard InChI is InChI=1S/C43H49N7O5/c1-41(2,3)55-40(53)49-23-10-17-36(49)43(19-20-43)54-38-45-34-28-47(35-16-9-14-31-13-7-8-15-32(31)35)24-18-33(34)37(46-38)48-25-26-50(39(51)52)42(29-48,21-22-44)27-30-11-5-4-6-12-30/h4-9,11-16,36H,10,17-21,23-29H2,1-3H3,(H,51,52)/t36-,42+/m0/s1. The van der Waals surface area contributed by atoms with Crippen LogP contribution in [0.5, 0.6) is 6.01 Å². The summed E-state index contributed by atoms with van der Waals surface area (Å²) in [6.07, 6.45) is 2.95. The number of carboxylic acid groups (broad SMARTS) is 1. The second kappa shape index (κ2) is 14.3. The Labute approximate surface area is 322 Å². The molecule has 12 nitrogen and oxygen atoms in total. The molecule has 0 spiro atoms. The molecule has 0 radical (unpaired) electrons. The Hall–Kier alpha value is -5.57. The molecule has 4 heterocycles. The van der Waals surface area contributed by atoms with Gasteiger partial charge in [0.15, 0.2) is 0 Å². The number of amides is 2. The van der Waals surface area contributed by atoms with E-state index in [-0.39, 0.29) is 37.7 Å². The highest BCUT2D eigenvalue weighted by molar-refractivity contribution is 5.94. The van der Waals surface area contributed by atoms with Crippen LogP contribution < -0.4 is 14.5 Å². The summed E-state index contributed by atoms with van der Waals surface area (Å²) in [6, 6.07) is 27.0. The van der Waals surface area contributed by atoms with Crippen molar-refractivity contribution in [1.82, 2.24) is 19.8 Å². The highest BCUT2D eigenvalue weighted by Crippen LogP contribution is 2.49. The molecule has 8 rings (SSSR count). The number of hydrogen-bond acceptors (Lipinski definition) is 9. The third-order valence-corrected chi connectivity index (χ3v) is 11.6. The van der Waals surface area contributed by atoms with Crippen LogP contribution in [0.1, 0.15) is 69.7 Å². The van der Waals surface area contributed by atoms with Crippen molar-refractivity contribution in [2.75, 3.05) is 42.5 Å². The number of fused-ring (bicyclic) bond motifs is 2. The largest absolute Gasteiger partial charge is 0.465 e. The van der Waals surface area contributed by atoms with Gasteiger partial charge < -0.3 is 29.3 Å². The minimum atomic E-state index is -1.04. The van der Waals surface area contributed by atoms with E-state index < -0.39 is 22.8 Å². The monoisotopic (exact) mass is 743 g/mol. The summed E-state index contributed by atoms with van der Waals surface area (Å²) in [5, 5.41) is 22.9. The van der Waals surface area contributed by atoms with E-state index in [1.165, 1.54) is 15.7 Å². The molecule has 12 heteroatoms. The van der Waals surface area contributed by atoms with Crippen molar-refractivity contribution in [3.8, 4) is 12.1 Å². The normalized spacial score (nSPS) is 21.9. The molecule has 0 unspecified atom stereocenters. The Morgan fingerprint density at radius 3 is 2.45 bits per heavy atom. The predicted molar refractivity (Wildman–Crippen MR) is 209 cm³/mol. The first-order chi connectivity index (χ1) is 26.5. The van der Waals surface area contributed by atoms with E-state index in [4.69, 9.17) is 19.4 Å². The molecule has 0 bridgehead atoms. The minimum Gasteiger partial charge on any atom is -0.465 e. The molecule has 3 aromatic carbocycles. The van der Waals surface area contributed by atoms with Gasteiger partial charge in [-0.25, -0.2) is 9.59 Å². The lowest BCUT2D eigenvalue weighted by Crippen LogP contribution is -2.65. The number of rotatable bonds is 8. The van der Waals surface area contributed by atoms with Crippen molar-refractivity contribution in [3.05, 3.63) is 89.6 Å². The number of piperazine rings is 1. The maximum Gasteiger partial charge on any atom is 0.410 e. The van der Waals surface area contributed by atoms with Crippen LogP contribution in [-0.2, 0) is 24.1 Å². The number of aromatic nitrogens is 2. The van der Waals surface area contributed by atoms with Crippen LogP contribution in [0, 0.1) is 11.3 Å². The first-order valence-electron chi connectivity index (χ1n) is 19.5. The number of nitriles is 1. The molecule has 4 aliphatic rings. The lowest BCUT2D eigenvalue weighted by atomic mass is 9.83. The van der Waals surface area contributed by atoms with Gasteiger partial charge in [-0.2, -0.15) is 15.2 Å². The smallest absolute Gasteiger partial charge is 0.410 e. The third-order valence-electron chi connectivity index (χ3n) is 11.6. The van der Waals surface area contributed by atoms with Crippen molar-refractivity contribution in [2.24, 2.45) is 0 Å². The molecular weight excluding hydrogens is 695 g/mol. The maximum atomic E-state index is 13.4. The average molecular weight is 744 g/mol. The molecular formula is C43H49N7O5. The van der Waals surface area contributed by atoms with Gasteiger partial charge in [-0.1, -0.05) is 66.7 Å². The predicted octanol–water partition coefficient (Wildman–Crippen LogP) is 7.20. The maximum absolute atomic E-state index is 13.4. The second-order valence-electron chi connectivity index (χ2n) is 16.5. The third kappa shape index (κ3) is 7.20. The summed E-state index contributed by atoms with van der Waals surface area (Å²) in [7, 11) is 0. The van der Waals surface area contributed by atoms with Crippen LogP contribution in [-0.4, -0.2) is 92.6 Å². The van der Waals surface area contributed by atoms with Gasteiger partial charge in [-0.05, 0) is 76.3 Å². The van der Waals surface area contributed by atoms with Gasteiger partial charge in [0, 0.05) is 49.4 Å². The zero-order valence-electron chi connectivity index (χ0n) is 31.9. The summed E-state index contributed by atoms with van der Waals surface area (Å²) in [4.78, 5) is 44.3. The summed E-state index contributed by atoms with van der Waals surface area (Å²) in [5.74, 6) is 0.726. The molecule has 4 aromatic rings. The summed E-state index contributed by atoms with van der Waals surface area (Å²) < 4.78 is 12.7. The Bertz CT molecular complexity index is 2120. The molecule has 286 valence electrons. The summed E-state index contributed by atoms with van der Waals surface area (Å²) in [6.45, 7) is 8.45.